The average Bonchev–Trinajstić information content (AvgIpc) is 1.88. The second kappa shape index (κ2) is 3.63. The molecule has 0 amide bonds. The Morgan fingerprint density at radius 2 is 2.50 bits per heavy atom. The maximum Gasteiger partial charge on any atom is 0.0599 e. The van der Waals surface area contributed by atoms with Crippen LogP contribution in [0.5, 0.6) is 0 Å². The molecule has 1 heterocycles. The Balaban J connectivity index is 2.27. The van der Waals surface area contributed by atoms with Crippen molar-refractivity contribution >= 4 is 0 Å². The molecular formula is C9H15N. The van der Waals surface area contributed by atoms with Crippen molar-refractivity contribution in [1.29, 1.82) is 0 Å². The zero-order valence-electron chi connectivity index (χ0n) is 6.64. The van der Waals surface area contributed by atoms with Crippen molar-refractivity contribution < 1.29 is 0 Å². The fourth-order valence-electron chi connectivity index (χ4n) is 1.56. The highest BCUT2D eigenvalue weighted by molar-refractivity contribution is 4.89. The topological polar surface area (TPSA) is 3.24 Å². The summed E-state index contributed by atoms with van der Waals surface area (Å²) in [6.07, 6.45) is 7.91. The molecule has 1 heteroatoms. The maximum atomic E-state index is 5.21. The fraction of sp³-hybridized carbons (Fsp3) is 0.778. The Kier molecular flexibility index (Phi) is 2.77. The number of hydrogen-bond donors (Lipinski definition) is 0. The Morgan fingerprint density at radius 1 is 1.70 bits per heavy atom. The van der Waals surface area contributed by atoms with Crippen LogP contribution in [0.2, 0.25) is 0 Å². The van der Waals surface area contributed by atoms with Gasteiger partial charge in [-0.15, -0.1) is 6.42 Å². The van der Waals surface area contributed by atoms with Crippen LogP contribution in [0.1, 0.15) is 19.8 Å². The summed E-state index contributed by atoms with van der Waals surface area (Å²) in [6, 6.07) is 0. The van der Waals surface area contributed by atoms with Crippen LogP contribution in [0, 0.1) is 18.3 Å². The Morgan fingerprint density at radius 3 is 3.10 bits per heavy atom. The summed E-state index contributed by atoms with van der Waals surface area (Å²) in [4.78, 5) is 2.36. The van der Waals surface area contributed by atoms with E-state index < -0.39 is 0 Å². The van der Waals surface area contributed by atoms with Gasteiger partial charge in [-0.05, 0) is 25.3 Å². The van der Waals surface area contributed by atoms with E-state index in [4.69, 9.17) is 6.42 Å². The van der Waals surface area contributed by atoms with E-state index in [9.17, 15) is 0 Å². The van der Waals surface area contributed by atoms with E-state index in [-0.39, 0.29) is 0 Å². The van der Waals surface area contributed by atoms with Gasteiger partial charge in [0.25, 0.3) is 0 Å². The lowest BCUT2D eigenvalue weighted by molar-refractivity contribution is 0.204. The van der Waals surface area contributed by atoms with Crippen LogP contribution in [0.15, 0.2) is 0 Å². The molecular weight excluding hydrogens is 122 g/mol. The summed E-state index contributed by atoms with van der Waals surface area (Å²) in [5, 5.41) is 0. The van der Waals surface area contributed by atoms with Gasteiger partial charge in [0, 0.05) is 6.54 Å². The van der Waals surface area contributed by atoms with E-state index in [1.54, 1.807) is 0 Å². The largest absolute Gasteiger partial charge is 0.292 e. The zero-order valence-corrected chi connectivity index (χ0v) is 6.64. The van der Waals surface area contributed by atoms with Crippen molar-refractivity contribution in [3.63, 3.8) is 0 Å². The second-order valence-electron chi connectivity index (χ2n) is 3.19. The molecule has 1 nitrogen and oxygen atoms in total. The lowest BCUT2D eigenvalue weighted by Gasteiger charge is -2.28. The quantitative estimate of drug-likeness (QED) is 0.493. The lowest BCUT2D eigenvalue weighted by Crippen LogP contribution is -2.34. The minimum Gasteiger partial charge on any atom is -0.292 e. The molecule has 0 spiro atoms. The molecule has 56 valence electrons. The third-order valence-corrected chi connectivity index (χ3v) is 2.06. The highest BCUT2D eigenvalue weighted by Gasteiger charge is 2.14. The van der Waals surface area contributed by atoms with E-state index >= 15 is 0 Å². The van der Waals surface area contributed by atoms with Crippen molar-refractivity contribution in [2.75, 3.05) is 19.6 Å². The van der Waals surface area contributed by atoms with Gasteiger partial charge in [0.15, 0.2) is 0 Å². The summed E-state index contributed by atoms with van der Waals surface area (Å²) in [5.41, 5.74) is 0. The van der Waals surface area contributed by atoms with Crippen molar-refractivity contribution in [2.45, 2.75) is 19.8 Å². The van der Waals surface area contributed by atoms with Crippen LogP contribution in [0.4, 0.5) is 0 Å². The van der Waals surface area contributed by atoms with Gasteiger partial charge in [0.1, 0.15) is 0 Å². The summed E-state index contributed by atoms with van der Waals surface area (Å²) >= 11 is 0. The zero-order chi connectivity index (χ0) is 7.40. The number of likely N-dealkylation sites (tertiary alicyclic amines) is 1. The SMILES string of the molecule is C#CCN1CCC[C@@H](C)C1. The fourth-order valence-corrected chi connectivity index (χ4v) is 1.56. The lowest BCUT2D eigenvalue weighted by atomic mass is 10.0. The molecule has 1 saturated heterocycles. The van der Waals surface area contributed by atoms with E-state index in [2.05, 4.69) is 17.7 Å². The summed E-state index contributed by atoms with van der Waals surface area (Å²) in [6.45, 7) is 5.53. The van der Waals surface area contributed by atoms with Gasteiger partial charge in [0.05, 0.1) is 6.54 Å². The van der Waals surface area contributed by atoms with Crippen molar-refractivity contribution in [1.82, 2.24) is 4.90 Å². The van der Waals surface area contributed by atoms with Gasteiger partial charge in [-0.25, -0.2) is 0 Å². The Labute approximate surface area is 63.4 Å². The molecule has 0 N–H and O–H groups in total. The molecule has 1 atom stereocenters. The third kappa shape index (κ3) is 2.04. The molecule has 10 heavy (non-hydrogen) atoms. The molecule has 1 rings (SSSR count). The third-order valence-electron chi connectivity index (χ3n) is 2.06. The van der Waals surface area contributed by atoms with Crippen molar-refractivity contribution in [3.8, 4) is 12.3 Å². The molecule has 1 fully saturated rings. The first-order valence-corrected chi connectivity index (χ1v) is 3.98. The molecule has 0 bridgehead atoms. The number of rotatable bonds is 1. The molecule has 0 saturated carbocycles. The van der Waals surface area contributed by atoms with Gasteiger partial charge in [-0.1, -0.05) is 12.8 Å². The molecule has 1 aliphatic heterocycles. The smallest absolute Gasteiger partial charge is 0.0599 e. The summed E-state index contributed by atoms with van der Waals surface area (Å²) in [5.74, 6) is 3.53. The van der Waals surface area contributed by atoms with Gasteiger partial charge >= 0.3 is 0 Å². The van der Waals surface area contributed by atoms with Crippen molar-refractivity contribution in [2.24, 2.45) is 5.92 Å². The molecule has 0 aliphatic carbocycles. The first-order valence-electron chi connectivity index (χ1n) is 3.98. The first kappa shape index (κ1) is 7.63. The predicted octanol–water partition coefficient (Wildman–Crippen LogP) is 1.35. The van der Waals surface area contributed by atoms with Crippen LogP contribution in [-0.2, 0) is 0 Å². The van der Waals surface area contributed by atoms with Crippen LogP contribution < -0.4 is 0 Å². The highest BCUT2D eigenvalue weighted by atomic mass is 15.1. The highest BCUT2D eigenvalue weighted by Crippen LogP contribution is 2.14. The minimum absolute atomic E-state index is 0.838. The average molecular weight is 137 g/mol. The van der Waals surface area contributed by atoms with Crippen LogP contribution in [0.25, 0.3) is 0 Å². The Bertz CT molecular complexity index is 134. The predicted molar refractivity (Wildman–Crippen MR) is 43.7 cm³/mol. The number of hydrogen-bond acceptors (Lipinski definition) is 1. The van der Waals surface area contributed by atoms with E-state index in [0.29, 0.717) is 0 Å². The minimum atomic E-state index is 0.838. The van der Waals surface area contributed by atoms with E-state index in [1.165, 1.54) is 25.9 Å². The molecule has 1 aliphatic rings. The van der Waals surface area contributed by atoms with Gasteiger partial charge in [-0.3, -0.25) is 4.90 Å². The summed E-state index contributed by atoms with van der Waals surface area (Å²) in [7, 11) is 0. The maximum absolute atomic E-state index is 5.21. The van der Waals surface area contributed by atoms with E-state index in [0.717, 1.165) is 12.5 Å². The van der Waals surface area contributed by atoms with Crippen LogP contribution in [0.3, 0.4) is 0 Å². The molecule has 0 aromatic rings. The molecule has 0 aromatic carbocycles. The number of nitrogens with zero attached hydrogens (tertiary/aromatic N) is 1. The molecule has 0 unspecified atom stereocenters. The standard InChI is InChI=1S/C9H15N/c1-3-6-10-7-4-5-9(2)8-10/h1,9H,4-8H2,2H3/t9-/m1/s1. The number of terminal acetylenes is 1. The first-order chi connectivity index (χ1) is 4.83. The normalized spacial score (nSPS) is 27.8. The van der Waals surface area contributed by atoms with Gasteiger partial charge in [0.2, 0.25) is 0 Å². The summed E-state index contributed by atoms with van der Waals surface area (Å²) < 4.78 is 0. The Hall–Kier alpha value is -0.480. The monoisotopic (exact) mass is 137 g/mol. The number of piperidine rings is 1. The molecule has 0 radical (unpaired) electrons. The van der Waals surface area contributed by atoms with Gasteiger partial charge < -0.3 is 0 Å². The molecule has 0 aromatic heterocycles. The van der Waals surface area contributed by atoms with Gasteiger partial charge in [-0.2, -0.15) is 0 Å². The van der Waals surface area contributed by atoms with Crippen LogP contribution >= 0.6 is 0 Å². The van der Waals surface area contributed by atoms with E-state index in [1.807, 2.05) is 0 Å². The van der Waals surface area contributed by atoms with Crippen LogP contribution in [-0.4, -0.2) is 24.5 Å². The van der Waals surface area contributed by atoms with Crippen molar-refractivity contribution in [3.05, 3.63) is 0 Å². The second-order valence-corrected chi connectivity index (χ2v) is 3.19.